The number of hydrogen-bond donors (Lipinski definition) is 3. The van der Waals surface area contributed by atoms with Crippen LogP contribution in [0.1, 0.15) is 22.3 Å². The lowest BCUT2D eigenvalue weighted by molar-refractivity contribution is 0.441. The topological polar surface area (TPSA) is 60.7 Å². The van der Waals surface area contributed by atoms with Crippen molar-refractivity contribution in [2.45, 2.75) is 25.7 Å². The highest BCUT2D eigenvalue weighted by molar-refractivity contribution is 5.83. The van der Waals surface area contributed by atoms with Gasteiger partial charge in [0.15, 0.2) is 0 Å². The van der Waals surface area contributed by atoms with Crippen molar-refractivity contribution in [3.63, 3.8) is 0 Å². The summed E-state index contributed by atoms with van der Waals surface area (Å²) in [7, 11) is 0. The van der Waals surface area contributed by atoms with Crippen molar-refractivity contribution < 1.29 is 15.3 Å². The number of aryl methyl sites for hydroxylation is 4. The number of phenols is 3. The van der Waals surface area contributed by atoms with Gasteiger partial charge >= 0.3 is 0 Å². The van der Waals surface area contributed by atoms with E-state index in [2.05, 4.69) is 30.3 Å². The largest absolute Gasteiger partial charge is 0.508 e. The molecule has 3 nitrogen and oxygen atoms in total. The maximum Gasteiger partial charge on any atom is 0.122 e. The molecular weight excluding hydrogens is 360 g/mol. The Labute approximate surface area is 170 Å². The van der Waals surface area contributed by atoms with E-state index in [1.54, 1.807) is 12.1 Å². The molecule has 0 saturated heterocycles. The Kier molecular flexibility index (Phi) is 5.39. The van der Waals surface area contributed by atoms with E-state index in [-0.39, 0.29) is 17.2 Å². The lowest BCUT2D eigenvalue weighted by atomic mass is 9.97. The van der Waals surface area contributed by atoms with Gasteiger partial charge in [-0.05, 0) is 76.9 Å². The molecule has 4 aromatic carbocycles. The minimum Gasteiger partial charge on any atom is -0.508 e. The zero-order valence-corrected chi connectivity index (χ0v) is 16.2. The van der Waals surface area contributed by atoms with E-state index in [0.717, 1.165) is 29.5 Å². The molecule has 0 aliphatic rings. The van der Waals surface area contributed by atoms with Crippen molar-refractivity contribution in [2.24, 2.45) is 0 Å². The van der Waals surface area contributed by atoms with Gasteiger partial charge in [0, 0.05) is 6.07 Å². The lowest BCUT2D eigenvalue weighted by Crippen LogP contribution is -1.97. The fraction of sp³-hybridized carbons (Fsp3) is 0.154. The molecule has 4 rings (SSSR count). The van der Waals surface area contributed by atoms with Crippen LogP contribution in [0.25, 0.3) is 10.8 Å². The number of aromatic hydroxyl groups is 3. The van der Waals surface area contributed by atoms with E-state index in [0.29, 0.717) is 12.8 Å². The molecule has 0 amide bonds. The molecule has 0 atom stereocenters. The molecule has 0 saturated carbocycles. The van der Waals surface area contributed by atoms with Gasteiger partial charge in [0.25, 0.3) is 0 Å². The van der Waals surface area contributed by atoms with E-state index in [4.69, 9.17) is 0 Å². The first-order valence-electron chi connectivity index (χ1n) is 9.88. The second kappa shape index (κ2) is 8.27. The minimum absolute atomic E-state index is 0.121. The lowest BCUT2D eigenvalue weighted by Gasteiger charge is -2.11. The summed E-state index contributed by atoms with van der Waals surface area (Å²) >= 11 is 0. The zero-order valence-electron chi connectivity index (χ0n) is 16.2. The highest BCUT2D eigenvalue weighted by Gasteiger charge is 2.10. The predicted molar refractivity (Wildman–Crippen MR) is 117 cm³/mol. The first-order valence-corrected chi connectivity index (χ1v) is 9.88. The van der Waals surface area contributed by atoms with Gasteiger partial charge in [-0.25, -0.2) is 0 Å². The SMILES string of the molecule is Oc1ccc(CCc2cc(CCc3ccc4ccccc4c3)c(O)cc2O)cc1. The van der Waals surface area contributed by atoms with Gasteiger partial charge < -0.3 is 15.3 Å². The number of hydrogen-bond acceptors (Lipinski definition) is 3. The quantitative estimate of drug-likeness (QED) is 0.410. The predicted octanol–water partition coefficient (Wildman–Crippen LogP) is 5.53. The van der Waals surface area contributed by atoms with Crippen molar-refractivity contribution >= 4 is 10.8 Å². The molecule has 4 aromatic rings. The van der Waals surface area contributed by atoms with Gasteiger partial charge in [-0.2, -0.15) is 0 Å². The van der Waals surface area contributed by atoms with Gasteiger partial charge in [-0.3, -0.25) is 0 Å². The smallest absolute Gasteiger partial charge is 0.122 e. The van der Waals surface area contributed by atoms with E-state index in [9.17, 15) is 15.3 Å². The highest BCUT2D eigenvalue weighted by atomic mass is 16.3. The molecule has 0 aliphatic heterocycles. The average Bonchev–Trinajstić information content (AvgIpc) is 2.73. The van der Waals surface area contributed by atoms with Crippen LogP contribution in [0.2, 0.25) is 0 Å². The number of benzene rings is 4. The Hall–Kier alpha value is -3.46. The molecule has 29 heavy (non-hydrogen) atoms. The molecule has 3 heteroatoms. The molecule has 0 aromatic heterocycles. The second-order valence-corrected chi connectivity index (χ2v) is 7.46. The van der Waals surface area contributed by atoms with E-state index >= 15 is 0 Å². The third-order valence-corrected chi connectivity index (χ3v) is 5.40. The fourth-order valence-corrected chi connectivity index (χ4v) is 3.69. The first-order chi connectivity index (χ1) is 14.1. The Morgan fingerprint density at radius 3 is 1.76 bits per heavy atom. The van der Waals surface area contributed by atoms with Gasteiger partial charge in [0.1, 0.15) is 17.2 Å². The summed E-state index contributed by atoms with van der Waals surface area (Å²) in [5.74, 6) is 0.504. The molecule has 0 radical (unpaired) electrons. The van der Waals surface area contributed by atoms with Gasteiger partial charge in [0.05, 0.1) is 0 Å². The van der Waals surface area contributed by atoms with Crippen LogP contribution in [0.3, 0.4) is 0 Å². The van der Waals surface area contributed by atoms with Crippen LogP contribution < -0.4 is 0 Å². The number of phenolic OH excluding ortho intramolecular Hbond substituents is 3. The Balaban J connectivity index is 1.47. The van der Waals surface area contributed by atoms with Gasteiger partial charge in [0.2, 0.25) is 0 Å². The summed E-state index contributed by atoms with van der Waals surface area (Å²) in [5.41, 5.74) is 3.98. The Morgan fingerprint density at radius 1 is 0.483 bits per heavy atom. The normalized spacial score (nSPS) is 11.0. The average molecular weight is 384 g/mol. The van der Waals surface area contributed by atoms with E-state index in [1.165, 1.54) is 22.4 Å². The third-order valence-electron chi connectivity index (χ3n) is 5.40. The Morgan fingerprint density at radius 2 is 1.07 bits per heavy atom. The molecule has 0 fully saturated rings. The standard InChI is InChI=1S/C26H24O3/c27-24-13-8-18(9-14-24)5-11-22-16-23(26(29)17-25(22)28)12-7-19-6-10-20-3-1-2-4-21(20)15-19/h1-4,6,8-10,13-17,27-29H,5,7,11-12H2. The van der Waals surface area contributed by atoms with Crippen LogP contribution in [-0.2, 0) is 25.7 Å². The summed E-state index contributed by atoms with van der Waals surface area (Å²) < 4.78 is 0. The minimum atomic E-state index is 0.121. The molecule has 0 unspecified atom stereocenters. The molecule has 0 aliphatic carbocycles. The molecule has 3 N–H and O–H groups in total. The van der Waals surface area contributed by atoms with Crippen LogP contribution in [0, 0.1) is 0 Å². The van der Waals surface area contributed by atoms with Gasteiger partial charge in [-0.1, -0.05) is 54.6 Å². The third kappa shape index (κ3) is 4.52. The molecule has 0 heterocycles. The van der Waals surface area contributed by atoms with Crippen LogP contribution in [0.4, 0.5) is 0 Å². The molecule has 146 valence electrons. The molecule has 0 spiro atoms. The summed E-state index contributed by atoms with van der Waals surface area (Å²) in [4.78, 5) is 0. The highest BCUT2D eigenvalue weighted by Crippen LogP contribution is 2.30. The van der Waals surface area contributed by atoms with Crippen LogP contribution in [-0.4, -0.2) is 15.3 Å². The zero-order chi connectivity index (χ0) is 20.2. The maximum atomic E-state index is 10.3. The maximum absolute atomic E-state index is 10.3. The van der Waals surface area contributed by atoms with Crippen molar-refractivity contribution in [3.05, 3.63) is 101 Å². The van der Waals surface area contributed by atoms with Crippen LogP contribution in [0.5, 0.6) is 17.2 Å². The van der Waals surface area contributed by atoms with Gasteiger partial charge in [-0.15, -0.1) is 0 Å². The second-order valence-electron chi connectivity index (χ2n) is 7.46. The number of rotatable bonds is 6. The first kappa shape index (κ1) is 18.9. The van der Waals surface area contributed by atoms with Crippen molar-refractivity contribution in [1.82, 2.24) is 0 Å². The van der Waals surface area contributed by atoms with Crippen molar-refractivity contribution in [1.29, 1.82) is 0 Å². The fourth-order valence-electron chi connectivity index (χ4n) is 3.69. The van der Waals surface area contributed by atoms with Crippen LogP contribution in [0.15, 0.2) is 78.9 Å². The summed E-state index contributed by atoms with van der Waals surface area (Å²) in [6, 6.07) is 25.2. The summed E-state index contributed by atoms with van der Waals surface area (Å²) in [5, 5.41) is 32.4. The molecular formula is C26H24O3. The summed E-state index contributed by atoms with van der Waals surface area (Å²) in [6.45, 7) is 0. The van der Waals surface area contributed by atoms with Crippen molar-refractivity contribution in [2.75, 3.05) is 0 Å². The monoisotopic (exact) mass is 384 g/mol. The Bertz CT molecular complexity index is 1130. The van der Waals surface area contributed by atoms with Crippen LogP contribution >= 0.6 is 0 Å². The van der Waals surface area contributed by atoms with E-state index < -0.39 is 0 Å². The summed E-state index contributed by atoms with van der Waals surface area (Å²) in [6.07, 6.45) is 2.94. The van der Waals surface area contributed by atoms with E-state index in [1.807, 2.05) is 30.3 Å². The van der Waals surface area contributed by atoms with Crippen molar-refractivity contribution in [3.8, 4) is 17.2 Å². The molecule has 0 bridgehead atoms. The number of fused-ring (bicyclic) bond motifs is 1.